The van der Waals surface area contributed by atoms with Crippen LogP contribution in [0.5, 0.6) is 0 Å². The van der Waals surface area contributed by atoms with E-state index < -0.39 is 18.4 Å². The molecular weight excluding hydrogens is 198 g/mol. The molecule has 0 fully saturated rings. The lowest BCUT2D eigenvalue weighted by Crippen LogP contribution is -2.25. The van der Waals surface area contributed by atoms with Crippen LogP contribution in [0.25, 0.3) is 0 Å². The number of primary amides is 1. The topological polar surface area (TPSA) is 78.6 Å². The largest absolute Gasteiger partial charge is 0.422 e. The van der Waals surface area contributed by atoms with Gasteiger partial charge in [-0.1, -0.05) is 18.2 Å². The van der Waals surface area contributed by atoms with Gasteiger partial charge in [0.25, 0.3) is 0 Å². The van der Waals surface area contributed by atoms with E-state index in [1.54, 1.807) is 30.3 Å². The fourth-order valence-electron chi connectivity index (χ4n) is 0.981. The zero-order valence-electron chi connectivity index (χ0n) is 8.17. The highest BCUT2D eigenvalue weighted by atomic mass is 16.7. The number of hydrogen-bond acceptors (Lipinski definition) is 4. The van der Waals surface area contributed by atoms with Crippen LogP contribution in [0, 0.1) is 0 Å². The van der Waals surface area contributed by atoms with Crippen molar-refractivity contribution < 1.29 is 19.1 Å². The van der Waals surface area contributed by atoms with Crippen molar-refractivity contribution in [2.75, 3.05) is 0 Å². The number of amides is 1. The molecule has 15 heavy (non-hydrogen) atoms. The Bertz CT molecular complexity index is 350. The van der Waals surface area contributed by atoms with E-state index in [1.807, 2.05) is 0 Å². The van der Waals surface area contributed by atoms with Crippen molar-refractivity contribution in [2.24, 2.45) is 5.73 Å². The van der Waals surface area contributed by atoms with E-state index in [0.717, 1.165) is 0 Å². The fraction of sp³-hybridized carbons (Fsp3) is 0.200. The van der Waals surface area contributed by atoms with E-state index in [0.29, 0.717) is 5.56 Å². The average Bonchev–Trinajstić information content (AvgIpc) is 2.17. The molecule has 0 bridgehead atoms. The molecule has 5 nitrogen and oxygen atoms in total. The van der Waals surface area contributed by atoms with Crippen LogP contribution in [-0.4, -0.2) is 18.4 Å². The second kappa shape index (κ2) is 4.99. The second-order valence-corrected chi connectivity index (χ2v) is 2.78. The van der Waals surface area contributed by atoms with E-state index in [1.165, 1.54) is 6.92 Å². The third kappa shape index (κ3) is 3.68. The summed E-state index contributed by atoms with van der Waals surface area (Å²) in [5.74, 6) is -0.565. The normalized spacial score (nSPS) is 11.5. The van der Waals surface area contributed by atoms with Crippen LogP contribution in [0.15, 0.2) is 30.3 Å². The summed E-state index contributed by atoms with van der Waals surface area (Å²) in [6.45, 7) is 1.41. The molecule has 0 saturated carbocycles. The van der Waals surface area contributed by atoms with Crippen LogP contribution in [-0.2, 0) is 9.47 Å². The maximum atomic E-state index is 11.4. The molecule has 0 aromatic heterocycles. The predicted molar refractivity (Wildman–Crippen MR) is 52.0 cm³/mol. The molecule has 2 N–H and O–H groups in total. The lowest BCUT2D eigenvalue weighted by molar-refractivity contribution is -0.0575. The molecule has 1 aromatic rings. The van der Waals surface area contributed by atoms with E-state index in [2.05, 4.69) is 4.74 Å². The summed E-state index contributed by atoms with van der Waals surface area (Å²) >= 11 is 0. The summed E-state index contributed by atoms with van der Waals surface area (Å²) in [7, 11) is 0. The smallest absolute Gasteiger partial charge is 0.407 e. The van der Waals surface area contributed by atoms with Crippen LogP contribution in [0.2, 0.25) is 0 Å². The quantitative estimate of drug-likeness (QED) is 0.600. The molecule has 0 spiro atoms. The maximum Gasteiger partial charge on any atom is 0.407 e. The Balaban J connectivity index is 2.53. The zero-order valence-corrected chi connectivity index (χ0v) is 8.17. The lowest BCUT2D eigenvalue weighted by atomic mass is 10.2. The van der Waals surface area contributed by atoms with Gasteiger partial charge in [-0.3, -0.25) is 0 Å². The van der Waals surface area contributed by atoms with Gasteiger partial charge in [-0.15, -0.1) is 0 Å². The number of nitrogens with two attached hydrogens (primary N) is 1. The zero-order chi connectivity index (χ0) is 11.3. The third-order valence-electron chi connectivity index (χ3n) is 1.56. The predicted octanol–water partition coefficient (Wildman–Crippen LogP) is 1.28. The second-order valence-electron chi connectivity index (χ2n) is 2.78. The van der Waals surface area contributed by atoms with Gasteiger partial charge >= 0.3 is 12.1 Å². The Kier molecular flexibility index (Phi) is 3.68. The van der Waals surface area contributed by atoms with Gasteiger partial charge in [-0.05, 0) is 12.1 Å². The van der Waals surface area contributed by atoms with Gasteiger partial charge in [0.1, 0.15) is 0 Å². The van der Waals surface area contributed by atoms with Crippen LogP contribution in [0.1, 0.15) is 17.3 Å². The third-order valence-corrected chi connectivity index (χ3v) is 1.56. The first-order valence-corrected chi connectivity index (χ1v) is 4.31. The number of ether oxygens (including phenoxy) is 2. The molecule has 0 aliphatic carbocycles. The molecule has 0 radical (unpaired) electrons. The Labute approximate surface area is 86.8 Å². The summed E-state index contributed by atoms with van der Waals surface area (Å²) in [4.78, 5) is 21.7. The highest BCUT2D eigenvalue weighted by Crippen LogP contribution is 2.04. The van der Waals surface area contributed by atoms with Crippen LogP contribution >= 0.6 is 0 Å². The molecular formula is C10H11NO4. The summed E-state index contributed by atoms with van der Waals surface area (Å²) in [6.07, 6.45) is -1.97. The van der Waals surface area contributed by atoms with Crippen molar-refractivity contribution in [3.05, 3.63) is 35.9 Å². The van der Waals surface area contributed by atoms with Crippen molar-refractivity contribution in [3.8, 4) is 0 Å². The molecule has 0 unspecified atom stereocenters. The number of carbonyl (C=O) groups is 2. The summed E-state index contributed by atoms with van der Waals surface area (Å²) < 4.78 is 9.22. The summed E-state index contributed by atoms with van der Waals surface area (Å²) in [6, 6.07) is 8.38. The minimum Gasteiger partial charge on any atom is -0.422 e. The SMILES string of the molecule is C[C@@H](OC(N)=O)OC(=O)c1ccccc1. The molecule has 1 amide bonds. The van der Waals surface area contributed by atoms with Crippen molar-refractivity contribution in [3.63, 3.8) is 0 Å². The summed E-state index contributed by atoms with van der Waals surface area (Å²) in [5, 5.41) is 0. The standard InChI is InChI=1S/C10H11NO4/c1-7(15-10(11)13)14-9(12)8-5-3-2-4-6-8/h2-7H,1H3,(H2,11,13)/t7-/m1/s1. The van der Waals surface area contributed by atoms with Crippen LogP contribution < -0.4 is 5.73 Å². The number of benzene rings is 1. The minimum absolute atomic E-state index is 0.387. The van der Waals surface area contributed by atoms with Gasteiger partial charge in [0.15, 0.2) is 0 Å². The molecule has 1 aromatic carbocycles. The highest BCUT2D eigenvalue weighted by molar-refractivity contribution is 5.89. The fourth-order valence-corrected chi connectivity index (χ4v) is 0.981. The minimum atomic E-state index is -0.991. The number of carbonyl (C=O) groups excluding carboxylic acids is 2. The average molecular weight is 209 g/mol. The Hall–Kier alpha value is -2.04. The molecule has 5 heteroatoms. The van der Waals surface area contributed by atoms with E-state index in [-0.39, 0.29) is 0 Å². The van der Waals surface area contributed by atoms with Gasteiger partial charge in [-0.2, -0.15) is 0 Å². The molecule has 0 heterocycles. The Morgan fingerprint density at radius 1 is 1.20 bits per heavy atom. The Morgan fingerprint density at radius 3 is 2.33 bits per heavy atom. The van der Waals surface area contributed by atoms with Gasteiger partial charge in [0, 0.05) is 6.92 Å². The van der Waals surface area contributed by atoms with Crippen molar-refractivity contribution in [2.45, 2.75) is 13.2 Å². The van der Waals surface area contributed by atoms with E-state index >= 15 is 0 Å². The van der Waals surface area contributed by atoms with Gasteiger partial charge in [0.2, 0.25) is 6.29 Å². The number of esters is 1. The summed E-state index contributed by atoms with van der Waals surface area (Å²) in [5.41, 5.74) is 5.14. The maximum absolute atomic E-state index is 11.4. The first kappa shape index (κ1) is 11.0. The van der Waals surface area contributed by atoms with Crippen LogP contribution in [0.3, 0.4) is 0 Å². The van der Waals surface area contributed by atoms with Crippen LogP contribution in [0.4, 0.5) is 4.79 Å². The lowest BCUT2D eigenvalue weighted by Gasteiger charge is -2.12. The van der Waals surface area contributed by atoms with E-state index in [9.17, 15) is 9.59 Å². The number of rotatable bonds is 3. The Morgan fingerprint density at radius 2 is 1.80 bits per heavy atom. The van der Waals surface area contributed by atoms with Gasteiger partial charge < -0.3 is 15.2 Å². The molecule has 1 rings (SSSR count). The molecule has 1 atom stereocenters. The first-order chi connectivity index (χ1) is 7.09. The van der Waals surface area contributed by atoms with Crippen molar-refractivity contribution >= 4 is 12.1 Å². The molecule has 0 aliphatic heterocycles. The van der Waals surface area contributed by atoms with E-state index in [4.69, 9.17) is 10.5 Å². The monoisotopic (exact) mass is 209 g/mol. The first-order valence-electron chi connectivity index (χ1n) is 4.31. The van der Waals surface area contributed by atoms with Gasteiger partial charge in [-0.25, -0.2) is 9.59 Å². The molecule has 80 valence electrons. The molecule has 0 aliphatic rings. The molecule has 0 saturated heterocycles. The van der Waals surface area contributed by atoms with Crippen molar-refractivity contribution in [1.82, 2.24) is 0 Å². The highest BCUT2D eigenvalue weighted by Gasteiger charge is 2.13. The van der Waals surface area contributed by atoms with Gasteiger partial charge in [0.05, 0.1) is 5.56 Å². The van der Waals surface area contributed by atoms with Crippen molar-refractivity contribution in [1.29, 1.82) is 0 Å². The number of hydrogen-bond donors (Lipinski definition) is 1.